The molecule has 5 unspecified atom stereocenters. The standard InChI is InChI=1S/C39H66N2O5/c1-25(2)11-10-12-26(3)31-15-16-32-29-14-13-28-23-30(34(36(43)44)35(42)37(45)46)27(18-20-40(6)21-22-41(7,8)9)24-39(28,5)33(29)17-19-38(31,32)4/h13,25-27,29-34H,10-12,14-24H2,1-9H3,(H-,43,44,45,46)/p+1/t26-,27?,29?,30?,31-,32?,33?,34+,38-,39+/m1/s1. The SMILES string of the molecule is CC(C)CCC[C@@H](C)[C@H]1CCC2C3CC=C4CC([C@H](C(=O)O)C(=O)C(=O)O)C(CCN(C)CC[N+](C)(C)C)C[C@]4(C)C3CC[C@@]21C. The molecule has 3 fully saturated rings. The Labute approximate surface area is 280 Å². The van der Waals surface area contributed by atoms with Gasteiger partial charge in [-0.3, -0.25) is 9.59 Å². The Morgan fingerprint density at radius 3 is 2.30 bits per heavy atom. The van der Waals surface area contributed by atoms with Crippen LogP contribution in [0.2, 0.25) is 0 Å². The topological polar surface area (TPSA) is 94.9 Å². The molecule has 7 nitrogen and oxygen atoms in total. The van der Waals surface area contributed by atoms with Gasteiger partial charge in [-0.05, 0) is 123 Å². The normalized spacial score (nSPS) is 35.6. The minimum absolute atomic E-state index is 0.0116. The van der Waals surface area contributed by atoms with Gasteiger partial charge in [0.15, 0.2) is 0 Å². The summed E-state index contributed by atoms with van der Waals surface area (Å²) in [6, 6.07) is 0. The van der Waals surface area contributed by atoms with E-state index in [4.69, 9.17) is 0 Å². The summed E-state index contributed by atoms with van der Waals surface area (Å²) in [7, 11) is 8.67. The van der Waals surface area contributed by atoms with E-state index in [0.717, 1.165) is 67.1 Å². The molecule has 7 heteroatoms. The van der Waals surface area contributed by atoms with Crippen LogP contribution >= 0.6 is 0 Å². The number of Topliss-reactive ketones (excluding diaryl/α,β-unsaturated/α-hetero) is 1. The van der Waals surface area contributed by atoms with Crippen molar-refractivity contribution in [2.75, 3.05) is 47.8 Å². The number of ketones is 1. The minimum atomic E-state index is -1.63. The second-order valence-corrected chi connectivity index (χ2v) is 18.2. The number of carbonyl (C=O) groups excluding carboxylic acids is 1. The summed E-state index contributed by atoms with van der Waals surface area (Å²) in [6.45, 7) is 15.0. The van der Waals surface area contributed by atoms with E-state index in [1.54, 1.807) is 0 Å². The van der Waals surface area contributed by atoms with Crippen molar-refractivity contribution < 1.29 is 29.1 Å². The van der Waals surface area contributed by atoms with Gasteiger partial charge in [0.1, 0.15) is 5.92 Å². The highest BCUT2D eigenvalue weighted by Gasteiger charge is 2.60. The van der Waals surface area contributed by atoms with Crippen LogP contribution in [-0.2, 0) is 14.4 Å². The average molecular weight is 644 g/mol. The van der Waals surface area contributed by atoms with Gasteiger partial charge in [-0.1, -0.05) is 65.5 Å². The molecule has 0 aromatic carbocycles. The second-order valence-electron chi connectivity index (χ2n) is 18.2. The lowest BCUT2D eigenvalue weighted by Crippen LogP contribution is -2.53. The third kappa shape index (κ3) is 7.77. The molecule has 2 N–H and O–H groups in total. The van der Waals surface area contributed by atoms with Crippen LogP contribution in [0.5, 0.6) is 0 Å². The first-order valence-electron chi connectivity index (χ1n) is 18.6. The number of fused-ring (bicyclic) bond motifs is 5. The lowest BCUT2D eigenvalue weighted by molar-refractivity contribution is -0.869. The molecule has 0 amide bonds. The Balaban J connectivity index is 1.58. The smallest absolute Gasteiger partial charge is 0.373 e. The summed E-state index contributed by atoms with van der Waals surface area (Å²) in [5, 5.41) is 19.9. The first-order chi connectivity index (χ1) is 21.4. The van der Waals surface area contributed by atoms with E-state index in [1.807, 2.05) is 0 Å². The van der Waals surface area contributed by atoms with Gasteiger partial charge in [-0.15, -0.1) is 0 Å². The van der Waals surface area contributed by atoms with Crippen molar-refractivity contribution in [3.05, 3.63) is 11.6 Å². The van der Waals surface area contributed by atoms with Crippen LogP contribution in [0.4, 0.5) is 0 Å². The predicted molar refractivity (Wildman–Crippen MR) is 184 cm³/mol. The fourth-order valence-corrected chi connectivity index (χ4v) is 11.2. The number of hydrogen-bond acceptors (Lipinski definition) is 4. The molecule has 3 saturated carbocycles. The van der Waals surface area contributed by atoms with Gasteiger partial charge in [0.05, 0.1) is 27.7 Å². The maximum Gasteiger partial charge on any atom is 0.373 e. The fourth-order valence-electron chi connectivity index (χ4n) is 11.2. The number of likely N-dealkylation sites (N-methyl/N-ethyl adjacent to an activating group) is 2. The third-order valence-corrected chi connectivity index (χ3v) is 13.8. The summed E-state index contributed by atoms with van der Waals surface area (Å²) in [5.41, 5.74) is 1.67. The van der Waals surface area contributed by atoms with E-state index in [1.165, 1.54) is 50.5 Å². The fraction of sp³-hybridized carbons (Fsp3) is 0.872. The van der Waals surface area contributed by atoms with Crippen LogP contribution in [0, 0.1) is 64.1 Å². The van der Waals surface area contributed by atoms with E-state index in [9.17, 15) is 24.6 Å². The number of allylic oxidation sites excluding steroid dienone is 2. The Kier molecular flexibility index (Phi) is 11.6. The molecular weight excluding hydrogens is 576 g/mol. The number of carboxylic acid groups (broad SMARTS) is 2. The van der Waals surface area contributed by atoms with Crippen LogP contribution in [-0.4, -0.2) is 85.1 Å². The van der Waals surface area contributed by atoms with Gasteiger partial charge < -0.3 is 19.6 Å². The summed E-state index contributed by atoms with van der Waals surface area (Å²) in [4.78, 5) is 39.6. The minimum Gasteiger partial charge on any atom is -0.481 e. The molecule has 0 aromatic heterocycles. The lowest BCUT2D eigenvalue weighted by Gasteiger charge is -2.60. The molecule has 0 aliphatic heterocycles. The lowest BCUT2D eigenvalue weighted by atomic mass is 9.45. The molecule has 0 saturated heterocycles. The summed E-state index contributed by atoms with van der Waals surface area (Å²) in [5.74, 6) is -1.77. The number of hydrogen-bond donors (Lipinski definition) is 2. The quantitative estimate of drug-likeness (QED) is 0.0845. The molecule has 4 aliphatic rings. The molecule has 46 heavy (non-hydrogen) atoms. The Morgan fingerprint density at radius 2 is 1.70 bits per heavy atom. The third-order valence-electron chi connectivity index (χ3n) is 13.8. The average Bonchev–Trinajstić information content (AvgIpc) is 3.31. The Morgan fingerprint density at radius 1 is 1.00 bits per heavy atom. The zero-order chi connectivity index (χ0) is 34.2. The highest BCUT2D eigenvalue weighted by molar-refractivity contribution is 6.37. The zero-order valence-corrected chi connectivity index (χ0v) is 30.7. The van der Waals surface area contributed by atoms with Crippen molar-refractivity contribution in [2.24, 2.45) is 64.1 Å². The summed E-state index contributed by atoms with van der Waals surface area (Å²) < 4.78 is 0.873. The Bertz CT molecular complexity index is 1140. The highest BCUT2D eigenvalue weighted by Crippen LogP contribution is 2.68. The van der Waals surface area contributed by atoms with E-state index >= 15 is 0 Å². The van der Waals surface area contributed by atoms with Gasteiger partial charge in [0, 0.05) is 6.54 Å². The van der Waals surface area contributed by atoms with Crippen LogP contribution in [0.3, 0.4) is 0 Å². The van der Waals surface area contributed by atoms with Gasteiger partial charge in [-0.25, -0.2) is 4.79 Å². The molecule has 0 heterocycles. The van der Waals surface area contributed by atoms with Crippen LogP contribution in [0.1, 0.15) is 105 Å². The van der Waals surface area contributed by atoms with Crippen LogP contribution in [0.25, 0.3) is 0 Å². The van der Waals surface area contributed by atoms with Crippen LogP contribution in [0.15, 0.2) is 11.6 Å². The molecule has 262 valence electrons. The van der Waals surface area contributed by atoms with Crippen molar-refractivity contribution in [2.45, 2.75) is 105 Å². The number of rotatable bonds is 15. The maximum absolute atomic E-state index is 12.9. The van der Waals surface area contributed by atoms with Crippen molar-refractivity contribution >= 4 is 17.7 Å². The zero-order valence-electron chi connectivity index (χ0n) is 30.7. The van der Waals surface area contributed by atoms with Gasteiger partial charge in [0.25, 0.3) is 5.78 Å². The van der Waals surface area contributed by atoms with Crippen LogP contribution < -0.4 is 0 Å². The number of carbonyl (C=O) groups is 3. The number of nitrogens with zero attached hydrogens (tertiary/aromatic N) is 2. The Hall–Kier alpha value is -1.73. The largest absolute Gasteiger partial charge is 0.481 e. The molecule has 0 bridgehead atoms. The van der Waals surface area contributed by atoms with E-state index in [0.29, 0.717) is 23.7 Å². The number of aliphatic carboxylic acids is 2. The molecule has 0 aromatic rings. The van der Waals surface area contributed by atoms with E-state index in [2.05, 4.69) is 73.8 Å². The van der Waals surface area contributed by atoms with E-state index in [-0.39, 0.29) is 11.3 Å². The molecule has 10 atom stereocenters. The molecule has 0 spiro atoms. The first-order valence-corrected chi connectivity index (χ1v) is 18.6. The number of quaternary nitrogens is 1. The highest BCUT2D eigenvalue weighted by atomic mass is 16.4. The summed E-state index contributed by atoms with van der Waals surface area (Å²) in [6.07, 6.45) is 14.8. The molecule has 4 rings (SSSR count). The molecule has 0 radical (unpaired) electrons. The predicted octanol–water partition coefficient (Wildman–Crippen LogP) is 7.25. The number of carboxylic acids is 2. The molecular formula is C39H67N2O5+. The van der Waals surface area contributed by atoms with Crippen molar-refractivity contribution in [1.82, 2.24) is 4.90 Å². The van der Waals surface area contributed by atoms with Gasteiger partial charge in [-0.2, -0.15) is 0 Å². The van der Waals surface area contributed by atoms with Gasteiger partial charge in [0.2, 0.25) is 0 Å². The van der Waals surface area contributed by atoms with Gasteiger partial charge >= 0.3 is 11.9 Å². The van der Waals surface area contributed by atoms with Crippen molar-refractivity contribution in [1.29, 1.82) is 0 Å². The molecule has 4 aliphatic carbocycles. The van der Waals surface area contributed by atoms with Crippen molar-refractivity contribution in [3.63, 3.8) is 0 Å². The summed E-state index contributed by atoms with van der Waals surface area (Å²) >= 11 is 0. The van der Waals surface area contributed by atoms with Crippen molar-refractivity contribution in [3.8, 4) is 0 Å². The maximum atomic E-state index is 12.9. The van der Waals surface area contributed by atoms with E-state index < -0.39 is 29.6 Å². The second kappa shape index (κ2) is 14.4. The monoisotopic (exact) mass is 644 g/mol. The first kappa shape index (κ1) is 37.1.